The zero-order chi connectivity index (χ0) is 13.4. The highest BCUT2D eigenvalue weighted by molar-refractivity contribution is 5.43. The van der Waals surface area contributed by atoms with E-state index >= 15 is 0 Å². The number of aryl methyl sites for hydroxylation is 1. The second kappa shape index (κ2) is 7.90. The van der Waals surface area contributed by atoms with Crippen molar-refractivity contribution in [1.82, 2.24) is 9.97 Å². The monoisotopic (exact) mass is 250 g/mol. The van der Waals surface area contributed by atoms with E-state index in [1.807, 2.05) is 13.0 Å². The van der Waals surface area contributed by atoms with Crippen molar-refractivity contribution in [1.29, 1.82) is 0 Å². The number of anilines is 2. The molecule has 0 fully saturated rings. The molecule has 0 aromatic carbocycles. The largest absolute Gasteiger partial charge is 0.360 e. The fraction of sp³-hybridized carbons (Fsp3) is 0.714. The summed E-state index contributed by atoms with van der Waals surface area (Å²) in [5.41, 5.74) is 1.01. The number of nitrogens with one attached hydrogen (secondary N) is 1. The Labute approximate surface area is 111 Å². The van der Waals surface area contributed by atoms with Crippen LogP contribution in [0.2, 0.25) is 0 Å². The lowest BCUT2D eigenvalue weighted by atomic mass is 10.2. The lowest BCUT2D eigenvalue weighted by molar-refractivity contribution is 0.700. The van der Waals surface area contributed by atoms with Gasteiger partial charge in [-0.3, -0.25) is 0 Å². The Morgan fingerprint density at radius 3 is 2.61 bits per heavy atom. The molecular formula is C14H26N4. The average Bonchev–Trinajstić information content (AvgIpc) is 2.36. The first kappa shape index (κ1) is 14.7. The molecule has 0 saturated carbocycles. The van der Waals surface area contributed by atoms with Gasteiger partial charge in [-0.2, -0.15) is 4.98 Å². The summed E-state index contributed by atoms with van der Waals surface area (Å²) in [6, 6.07) is 2.04. The highest BCUT2D eigenvalue weighted by atomic mass is 15.2. The fourth-order valence-electron chi connectivity index (χ4n) is 1.78. The summed E-state index contributed by atoms with van der Waals surface area (Å²) in [6.45, 7) is 8.35. The molecule has 1 N–H and O–H groups in total. The summed E-state index contributed by atoms with van der Waals surface area (Å²) < 4.78 is 0. The lowest BCUT2D eigenvalue weighted by Crippen LogP contribution is -2.20. The van der Waals surface area contributed by atoms with Gasteiger partial charge in [0.1, 0.15) is 5.82 Å². The Kier molecular flexibility index (Phi) is 6.47. The molecule has 0 amide bonds. The van der Waals surface area contributed by atoms with Gasteiger partial charge < -0.3 is 10.2 Å². The molecule has 1 rings (SSSR count). The maximum Gasteiger partial charge on any atom is 0.224 e. The number of rotatable bonds is 8. The molecule has 1 aromatic rings. The van der Waals surface area contributed by atoms with Crippen molar-refractivity contribution < 1.29 is 0 Å². The standard InChI is InChI=1S/C14H26N4/c1-5-7-8-10-18(4)13-11-12(3)16-14(17-13)15-9-6-2/h11H,5-10H2,1-4H3,(H,15,16,17). The van der Waals surface area contributed by atoms with Gasteiger partial charge in [0, 0.05) is 31.9 Å². The minimum Gasteiger partial charge on any atom is -0.360 e. The predicted molar refractivity (Wildman–Crippen MR) is 78.3 cm³/mol. The van der Waals surface area contributed by atoms with Crippen molar-refractivity contribution in [2.45, 2.75) is 46.5 Å². The smallest absolute Gasteiger partial charge is 0.224 e. The molecule has 0 aliphatic carbocycles. The normalized spacial score (nSPS) is 10.4. The van der Waals surface area contributed by atoms with Gasteiger partial charge in [0.15, 0.2) is 0 Å². The van der Waals surface area contributed by atoms with Crippen LogP contribution < -0.4 is 10.2 Å². The minimum atomic E-state index is 0.745. The zero-order valence-electron chi connectivity index (χ0n) is 12.2. The number of nitrogens with zero attached hydrogens (tertiary/aromatic N) is 3. The van der Waals surface area contributed by atoms with Crippen LogP contribution in [0, 0.1) is 6.92 Å². The number of unbranched alkanes of at least 4 members (excludes halogenated alkanes) is 2. The van der Waals surface area contributed by atoms with E-state index in [4.69, 9.17) is 0 Å². The maximum atomic E-state index is 4.55. The summed E-state index contributed by atoms with van der Waals surface area (Å²) in [5, 5.41) is 3.25. The van der Waals surface area contributed by atoms with Crippen LogP contribution in [0.3, 0.4) is 0 Å². The number of aromatic nitrogens is 2. The quantitative estimate of drug-likeness (QED) is 0.719. The van der Waals surface area contributed by atoms with E-state index in [0.717, 1.165) is 37.0 Å². The van der Waals surface area contributed by atoms with Gasteiger partial charge in [0.2, 0.25) is 5.95 Å². The van der Waals surface area contributed by atoms with E-state index in [9.17, 15) is 0 Å². The average molecular weight is 250 g/mol. The molecule has 4 heteroatoms. The Morgan fingerprint density at radius 2 is 1.94 bits per heavy atom. The van der Waals surface area contributed by atoms with Crippen molar-refractivity contribution in [2.24, 2.45) is 0 Å². The van der Waals surface area contributed by atoms with Crippen LogP contribution in [0.25, 0.3) is 0 Å². The van der Waals surface area contributed by atoms with Crippen LogP contribution in [0.15, 0.2) is 6.07 Å². The van der Waals surface area contributed by atoms with Crippen molar-refractivity contribution in [3.8, 4) is 0 Å². The molecule has 0 bridgehead atoms. The second-order valence-corrected chi connectivity index (χ2v) is 4.75. The van der Waals surface area contributed by atoms with E-state index < -0.39 is 0 Å². The van der Waals surface area contributed by atoms with Crippen molar-refractivity contribution in [3.05, 3.63) is 11.8 Å². The lowest BCUT2D eigenvalue weighted by Gasteiger charge is -2.19. The molecule has 1 aromatic heterocycles. The molecule has 0 aliphatic rings. The van der Waals surface area contributed by atoms with Gasteiger partial charge in [0.25, 0.3) is 0 Å². The molecule has 0 unspecified atom stereocenters. The zero-order valence-corrected chi connectivity index (χ0v) is 12.2. The summed E-state index contributed by atoms with van der Waals surface area (Å²) in [6.07, 6.45) is 4.82. The molecular weight excluding hydrogens is 224 g/mol. The minimum absolute atomic E-state index is 0.745. The molecule has 0 aliphatic heterocycles. The van der Waals surface area contributed by atoms with Crippen LogP contribution in [0.5, 0.6) is 0 Å². The van der Waals surface area contributed by atoms with Crippen LogP contribution in [0.1, 0.15) is 45.2 Å². The summed E-state index contributed by atoms with van der Waals surface area (Å²) in [7, 11) is 2.10. The molecule has 1 heterocycles. The highest BCUT2D eigenvalue weighted by Gasteiger charge is 2.06. The Morgan fingerprint density at radius 1 is 1.17 bits per heavy atom. The van der Waals surface area contributed by atoms with Gasteiger partial charge in [0.05, 0.1) is 0 Å². The van der Waals surface area contributed by atoms with Gasteiger partial charge in [-0.1, -0.05) is 26.7 Å². The molecule has 18 heavy (non-hydrogen) atoms. The highest BCUT2D eigenvalue weighted by Crippen LogP contribution is 2.14. The van der Waals surface area contributed by atoms with E-state index in [1.165, 1.54) is 19.3 Å². The van der Waals surface area contributed by atoms with Crippen LogP contribution in [-0.4, -0.2) is 30.1 Å². The van der Waals surface area contributed by atoms with Gasteiger partial charge in [-0.05, 0) is 19.8 Å². The van der Waals surface area contributed by atoms with E-state index in [0.29, 0.717) is 0 Å². The Balaban J connectivity index is 2.65. The number of hydrogen-bond acceptors (Lipinski definition) is 4. The molecule has 102 valence electrons. The molecule has 4 nitrogen and oxygen atoms in total. The number of hydrogen-bond donors (Lipinski definition) is 1. The molecule has 0 saturated heterocycles. The van der Waals surface area contributed by atoms with Gasteiger partial charge in [-0.25, -0.2) is 4.98 Å². The topological polar surface area (TPSA) is 41.1 Å². The Bertz CT molecular complexity index is 352. The predicted octanol–water partition coefficient (Wildman–Crippen LogP) is 3.23. The molecule has 0 atom stereocenters. The summed E-state index contributed by atoms with van der Waals surface area (Å²) in [4.78, 5) is 11.2. The Hall–Kier alpha value is -1.32. The summed E-state index contributed by atoms with van der Waals surface area (Å²) in [5.74, 6) is 1.76. The fourth-order valence-corrected chi connectivity index (χ4v) is 1.78. The maximum absolute atomic E-state index is 4.55. The van der Waals surface area contributed by atoms with E-state index in [-0.39, 0.29) is 0 Å². The van der Waals surface area contributed by atoms with Crippen LogP contribution in [-0.2, 0) is 0 Å². The SMILES string of the molecule is CCCCCN(C)c1cc(C)nc(NCCC)n1. The van der Waals surface area contributed by atoms with Gasteiger partial charge >= 0.3 is 0 Å². The summed E-state index contributed by atoms with van der Waals surface area (Å²) >= 11 is 0. The first-order valence-electron chi connectivity index (χ1n) is 6.98. The first-order chi connectivity index (χ1) is 8.67. The van der Waals surface area contributed by atoms with Crippen LogP contribution >= 0.6 is 0 Å². The van der Waals surface area contributed by atoms with E-state index in [2.05, 4.69) is 41.1 Å². The van der Waals surface area contributed by atoms with Crippen molar-refractivity contribution in [3.63, 3.8) is 0 Å². The third-order valence-electron chi connectivity index (χ3n) is 2.86. The first-order valence-corrected chi connectivity index (χ1v) is 6.98. The van der Waals surface area contributed by atoms with Gasteiger partial charge in [-0.15, -0.1) is 0 Å². The third-order valence-corrected chi connectivity index (χ3v) is 2.86. The van der Waals surface area contributed by atoms with Crippen molar-refractivity contribution >= 4 is 11.8 Å². The second-order valence-electron chi connectivity index (χ2n) is 4.75. The van der Waals surface area contributed by atoms with E-state index in [1.54, 1.807) is 0 Å². The molecule has 0 spiro atoms. The van der Waals surface area contributed by atoms with Crippen molar-refractivity contribution in [2.75, 3.05) is 30.4 Å². The van der Waals surface area contributed by atoms with Crippen LogP contribution in [0.4, 0.5) is 11.8 Å². The molecule has 0 radical (unpaired) electrons. The third kappa shape index (κ3) is 4.90.